The van der Waals surface area contributed by atoms with E-state index in [-0.39, 0.29) is 18.5 Å². The van der Waals surface area contributed by atoms with E-state index in [0.717, 1.165) is 37.3 Å². The molecule has 1 atom stereocenters. The van der Waals surface area contributed by atoms with Gasteiger partial charge in [0.2, 0.25) is 0 Å². The number of carbonyl (C=O) groups excluding carboxylic acids is 1. The highest BCUT2D eigenvalue weighted by Gasteiger charge is 2.07. The fourth-order valence-electron chi connectivity index (χ4n) is 2.19. The van der Waals surface area contributed by atoms with Gasteiger partial charge in [0.1, 0.15) is 30.8 Å². The van der Waals surface area contributed by atoms with E-state index >= 15 is 0 Å². The number of rotatable bonds is 13. The molecule has 0 aliphatic heterocycles. The van der Waals surface area contributed by atoms with E-state index in [2.05, 4.69) is 5.32 Å². The number of aryl methyl sites for hydroxylation is 1. The summed E-state index contributed by atoms with van der Waals surface area (Å²) in [5.74, 6) is 0.941. The van der Waals surface area contributed by atoms with Crippen molar-refractivity contribution in [3.8, 4) is 5.75 Å². The number of nitrogens with two attached hydrogens (primary N) is 1. The van der Waals surface area contributed by atoms with Gasteiger partial charge in [0.15, 0.2) is 0 Å². The molecule has 136 valence electrons. The van der Waals surface area contributed by atoms with Crippen LogP contribution in [0.1, 0.15) is 39.2 Å². The van der Waals surface area contributed by atoms with Gasteiger partial charge in [0, 0.05) is 12.8 Å². The summed E-state index contributed by atoms with van der Waals surface area (Å²) in [5, 5.41) is 12.0. The van der Waals surface area contributed by atoms with Gasteiger partial charge in [0.05, 0.1) is 19.3 Å². The fourth-order valence-corrected chi connectivity index (χ4v) is 2.19. The van der Waals surface area contributed by atoms with E-state index < -0.39 is 6.10 Å². The van der Waals surface area contributed by atoms with Crippen molar-refractivity contribution in [3.63, 3.8) is 0 Å². The van der Waals surface area contributed by atoms with Crippen molar-refractivity contribution in [2.75, 3.05) is 26.3 Å². The molecule has 0 saturated carbocycles. The third-order valence-corrected chi connectivity index (χ3v) is 3.57. The van der Waals surface area contributed by atoms with E-state index in [1.165, 1.54) is 0 Å². The Bertz CT molecular complexity index is 459. The highest BCUT2D eigenvalue weighted by Crippen LogP contribution is 2.13. The number of hydrogen-bond donors (Lipinski definition) is 2. The lowest BCUT2D eigenvalue weighted by Crippen LogP contribution is -2.86. The standard InChI is InChI=1S/C19H31NO4/c1-15(2)23-12-4-11-20-13-18(22)14-24-19-9-7-17(8-10-19)6-5-16(3)21/h7-10,15,18,20,22H,4-6,11-14H2,1-3H3/p+1/t18-/m1/s1. The molecule has 0 fully saturated rings. The second kappa shape index (κ2) is 12.0. The molecule has 3 N–H and O–H groups in total. The van der Waals surface area contributed by atoms with Crippen LogP contribution in [0.2, 0.25) is 0 Å². The molecule has 1 aromatic carbocycles. The predicted molar refractivity (Wildman–Crippen MR) is 94.3 cm³/mol. The summed E-state index contributed by atoms with van der Waals surface area (Å²) in [7, 11) is 0. The number of ketones is 1. The van der Waals surface area contributed by atoms with E-state index in [0.29, 0.717) is 13.0 Å². The normalized spacial score (nSPS) is 12.4. The first-order valence-corrected chi connectivity index (χ1v) is 8.80. The van der Waals surface area contributed by atoms with Crippen LogP contribution in [0.25, 0.3) is 0 Å². The lowest BCUT2D eigenvalue weighted by Gasteiger charge is -2.12. The number of carbonyl (C=O) groups is 1. The zero-order chi connectivity index (χ0) is 17.8. The lowest BCUT2D eigenvalue weighted by atomic mass is 10.1. The van der Waals surface area contributed by atoms with Crippen LogP contribution in [0.4, 0.5) is 0 Å². The molecule has 24 heavy (non-hydrogen) atoms. The molecule has 0 unspecified atom stereocenters. The molecule has 1 aromatic rings. The summed E-state index contributed by atoms with van der Waals surface area (Å²) in [5.41, 5.74) is 1.12. The average molecular weight is 338 g/mol. The smallest absolute Gasteiger partial charge is 0.137 e. The minimum atomic E-state index is -0.492. The lowest BCUT2D eigenvalue weighted by molar-refractivity contribution is -0.661. The van der Waals surface area contributed by atoms with Gasteiger partial charge in [-0.2, -0.15) is 0 Å². The highest BCUT2D eigenvalue weighted by molar-refractivity contribution is 5.75. The van der Waals surface area contributed by atoms with Crippen molar-refractivity contribution in [3.05, 3.63) is 29.8 Å². The third-order valence-electron chi connectivity index (χ3n) is 3.57. The van der Waals surface area contributed by atoms with Crippen LogP contribution in [0.3, 0.4) is 0 Å². The highest BCUT2D eigenvalue weighted by atomic mass is 16.5. The molecule has 0 aliphatic rings. The van der Waals surface area contributed by atoms with Crippen LogP contribution in [0, 0.1) is 0 Å². The van der Waals surface area contributed by atoms with Crippen LogP contribution in [0.5, 0.6) is 5.75 Å². The van der Waals surface area contributed by atoms with Gasteiger partial charge in [-0.15, -0.1) is 0 Å². The van der Waals surface area contributed by atoms with Crippen molar-refractivity contribution in [1.82, 2.24) is 0 Å². The number of quaternary nitrogens is 1. The Hall–Kier alpha value is -1.43. The molecule has 0 radical (unpaired) electrons. The first-order valence-electron chi connectivity index (χ1n) is 8.80. The van der Waals surface area contributed by atoms with Crippen molar-refractivity contribution >= 4 is 5.78 Å². The number of Topliss-reactive ketones (excluding diaryl/α,β-unsaturated/α-hetero) is 1. The largest absolute Gasteiger partial charge is 0.491 e. The summed E-state index contributed by atoms with van der Waals surface area (Å²) in [6.07, 6.45) is 2.09. The zero-order valence-electron chi connectivity index (χ0n) is 15.2. The first kappa shape index (κ1) is 20.6. The van der Waals surface area contributed by atoms with Crippen molar-refractivity contribution in [2.45, 2.75) is 52.2 Å². The van der Waals surface area contributed by atoms with E-state index in [4.69, 9.17) is 9.47 Å². The van der Waals surface area contributed by atoms with Crippen LogP contribution in [-0.4, -0.2) is 49.4 Å². The molecule has 5 heteroatoms. The van der Waals surface area contributed by atoms with Gasteiger partial charge in [0.25, 0.3) is 0 Å². The molecule has 0 heterocycles. The van der Waals surface area contributed by atoms with Crippen LogP contribution in [0.15, 0.2) is 24.3 Å². The SMILES string of the molecule is CC(=O)CCc1ccc(OC[C@H](O)C[NH2+]CCCOC(C)C)cc1. The van der Waals surface area contributed by atoms with Gasteiger partial charge < -0.3 is 24.7 Å². The van der Waals surface area contributed by atoms with Gasteiger partial charge >= 0.3 is 0 Å². The van der Waals surface area contributed by atoms with Gasteiger partial charge in [-0.25, -0.2) is 0 Å². The van der Waals surface area contributed by atoms with E-state index in [1.54, 1.807) is 6.92 Å². The van der Waals surface area contributed by atoms with Gasteiger partial charge in [-0.3, -0.25) is 0 Å². The Morgan fingerprint density at radius 2 is 1.96 bits per heavy atom. The quantitative estimate of drug-likeness (QED) is 0.532. The topological polar surface area (TPSA) is 72.4 Å². The average Bonchev–Trinajstić information content (AvgIpc) is 2.54. The first-order chi connectivity index (χ1) is 11.5. The fraction of sp³-hybridized carbons (Fsp3) is 0.632. The molecular formula is C19H32NO4+. The molecular weight excluding hydrogens is 306 g/mol. The maximum absolute atomic E-state index is 11.0. The third kappa shape index (κ3) is 10.4. The van der Waals surface area contributed by atoms with Crippen molar-refractivity contribution in [2.24, 2.45) is 0 Å². The zero-order valence-corrected chi connectivity index (χ0v) is 15.2. The summed E-state index contributed by atoms with van der Waals surface area (Å²) >= 11 is 0. The molecule has 0 aliphatic carbocycles. The van der Waals surface area contributed by atoms with Crippen molar-refractivity contribution in [1.29, 1.82) is 0 Å². The Morgan fingerprint density at radius 3 is 2.58 bits per heavy atom. The Labute approximate surface area is 145 Å². The predicted octanol–water partition coefficient (Wildman–Crippen LogP) is 1.33. The Balaban J connectivity index is 2.13. The number of aliphatic hydroxyl groups excluding tert-OH is 1. The van der Waals surface area contributed by atoms with E-state index in [9.17, 15) is 9.90 Å². The minimum Gasteiger partial charge on any atom is -0.491 e. The monoisotopic (exact) mass is 338 g/mol. The molecule has 1 rings (SSSR count). The number of ether oxygens (including phenoxy) is 2. The van der Waals surface area contributed by atoms with Crippen molar-refractivity contribution < 1.29 is 24.7 Å². The molecule has 0 saturated heterocycles. The summed E-state index contributed by atoms with van der Waals surface area (Å²) < 4.78 is 11.1. The van der Waals surface area contributed by atoms with Crippen LogP contribution < -0.4 is 10.1 Å². The molecule has 0 bridgehead atoms. The van der Waals surface area contributed by atoms with Crippen LogP contribution in [-0.2, 0) is 16.0 Å². The Kier molecular flexibility index (Phi) is 10.3. The maximum atomic E-state index is 11.0. The second-order valence-electron chi connectivity index (χ2n) is 6.40. The second-order valence-corrected chi connectivity index (χ2v) is 6.40. The van der Waals surface area contributed by atoms with Gasteiger partial charge in [-0.05, 0) is 44.9 Å². The summed E-state index contributed by atoms with van der Waals surface area (Å²) in [4.78, 5) is 11.0. The van der Waals surface area contributed by atoms with Crippen LogP contribution >= 0.6 is 0 Å². The Morgan fingerprint density at radius 1 is 1.25 bits per heavy atom. The summed E-state index contributed by atoms with van der Waals surface area (Å²) in [6.45, 7) is 8.27. The number of hydrogen-bond acceptors (Lipinski definition) is 4. The molecule has 0 aromatic heterocycles. The molecule has 5 nitrogen and oxygen atoms in total. The molecule has 0 spiro atoms. The van der Waals surface area contributed by atoms with Gasteiger partial charge in [-0.1, -0.05) is 12.1 Å². The number of aliphatic hydroxyl groups is 1. The number of benzene rings is 1. The summed E-state index contributed by atoms with van der Waals surface area (Å²) in [6, 6.07) is 7.70. The molecule has 0 amide bonds. The van der Waals surface area contributed by atoms with E-state index in [1.807, 2.05) is 38.1 Å². The maximum Gasteiger partial charge on any atom is 0.137 e. The minimum absolute atomic E-state index is 0.200.